The molecule has 0 radical (unpaired) electrons. The standard InChI is InChI=1S/C6H6F3NO/c7-6(8,9)5-2-1-3-10(11)4-5/h1-2,4,11H,3H2. The minimum atomic E-state index is -4.38. The van der Waals surface area contributed by atoms with E-state index < -0.39 is 11.7 Å². The number of nitrogens with zero attached hydrogens (tertiary/aromatic N) is 1. The molecule has 2 nitrogen and oxygen atoms in total. The number of alkyl halides is 3. The van der Waals surface area contributed by atoms with Crippen molar-refractivity contribution >= 4 is 0 Å². The van der Waals surface area contributed by atoms with E-state index in [9.17, 15) is 13.2 Å². The van der Waals surface area contributed by atoms with Crippen molar-refractivity contribution in [3.8, 4) is 0 Å². The van der Waals surface area contributed by atoms with Crippen molar-refractivity contribution in [1.29, 1.82) is 0 Å². The molecule has 0 aliphatic carbocycles. The normalized spacial score (nSPS) is 18.5. The van der Waals surface area contributed by atoms with Gasteiger partial charge >= 0.3 is 6.18 Å². The molecule has 0 saturated carbocycles. The predicted molar refractivity (Wildman–Crippen MR) is 31.8 cm³/mol. The molecule has 0 amide bonds. The van der Waals surface area contributed by atoms with E-state index in [1.54, 1.807) is 0 Å². The van der Waals surface area contributed by atoms with E-state index in [0.29, 0.717) is 11.3 Å². The van der Waals surface area contributed by atoms with Crippen molar-refractivity contribution < 1.29 is 18.4 Å². The third-order valence-corrected chi connectivity index (χ3v) is 1.21. The SMILES string of the molecule is ON1C=C(C(F)(F)F)C=CC1. The van der Waals surface area contributed by atoms with E-state index in [4.69, 9.17) is 5.21 Å². The third kappa shape index (κ3) is 1.98. The van der Waals surface area contributed by atoms with Crippen molar-refractivity contribution in [2.45, 2.75) is 6.18 Å². The summed E-state index contributed by atoms with van der Waals surface area (Å²) in [5.41, 5.74) is -0.841. The van der Waals surface area contributed by atoms with Gasteiger partial charge in [-0.1, -0.05) is 12.2 Å². The molecular weight excluding hydrogens is 159 g/mol. The van der Waals surface area contributed by atoms with Gasteiger partial charge in [0.25, 0.3) is 0 Å². The monoisotopic (exact) mass is 165 g/mol. The van der Waals surface area contributed by atoms with E-state index in [2.05, 4.69) is 0 Å². The Balaban J connectivity index is 2.80. The van der Waals surface area contributed by atoms with Crippen LogP contribution in [0.3, 0.4) is 0 Å². The number of hydrogen-bond acceptors (Lipinski definition) is 2. The van der Waals surface area contributed by atoms with Crippen LogP contribution in [0, 0.1) is 0 Å². The highest BCUT2D eigenvalue weighted by Gasteiger charge is 2.33. The molecule has 0 aromatic carbocycles. The zero-order chi connectivity index (χ0) is 8.48. The first-order valence-corrected chi connectivity index (χ1v) is 2.91. The summed E-state index contributed by atoms with van der Waals surface area (Å²) in [4.78, 5) is 0. The highest BCUT2D eigenvalue weighted by Crippen LogP contribution is 2.27. The van der Waals surface area contributed by atoms with E-state index >= 15 is 0 Å². The van der Waals surface area contributed by atoms with Crippen LogP contribution >= 0.6 is 0 Å². The molecule has 0 saturated heterocycles. The molecule has 0 atom stereocenters. The minimum absolute atomic E-state index is 0.0968. The Bertz CT molecular complexity index is 206. The van der Waals surface area contributed by atoms with Gasteiger partial charge in [-0.05, 0) is 0 Å². The quantitative estimate of drug-likeness (QED) is 0.590. The average Bonchev–Trinajstić information content (AvgIpc) is 1.86. The van der Waals surface area contributed by atoms with Crippen molar-refractivity contribution in [3.05, 3.63) is 23.9 Å². The Morgan fingerprint density at radius 3 is 2.45 bits per heavy atom. The van der Waals surface area contributed by atoms with Crippen LogP contribution < -0.4 is 0 Å². The van der Waals surface area contributed by atoms with Crippen LogP contribution in [0.5, 0.6) is 0 Å². The molecule has 62 valence electrons. The highest BCUT2D eigenvalue weighted by molar-refractivity contribution is 5.25. The maximum Gasteiger partial charge on any atom is 0.417 e. The summed E-state index contributed by atoms with van der Waals surface area (Å²) in [5.74, 6) is 0. The molecule has 11 heavy (non-hydrogen) atoms. The minimum Gasteiger partial charge on any atom is -0.289 e. The van der Waals surface area contributed by atoms with E-state index in [1.807, 2.05) is 0 Å². The molecule has 1 aliphatic rings. The lowest BCUT2D eigenvalue weighted by Crippen LogP contribution is -2.21. The van der Waals surface area contributed by atoms with Crippen molar-refractivity contribution in [2.75, 3.05) is 6.54 Å². The second kappa shape index (κ2) is 2.58. The smallest absolute Gasteiger partial charge is 0.289 e. The van der Waals surface area contributed by atoms with Crippen LogP contribution in [-0.4, -0.2) is 23.0 Å². The average molecular weight is 165 g/mol. The maximum atomic E-state index is 11.9. The fraction of sp³-hybridized carbons (Fsp3) is 0.333. The fourth-order valence-electron chi connectivity index (χ4n) is 0.712. The Morgan fingerprint density at radius 2 is 2.09 bits per heavy atom. The van der Waals surface area contributed by atoms with Gasteiger partial charge in [-0.15, -0.1) is 0 Å². The molecule has 0 aromatic heterocycles. The van der Waals surface area contributed by atoms with Crippen molar-refractivity contribution in [1.82, 2.24) is 5.06 Å². The van der Waals surface area contributed by atoms with Gasteiger partial charge in [0.05, 0.1) is 12.1 Å². The third-order valence-electron chi connectivity index (χ3n) is 1.21. The fourth-order valence-corrected chi connectivity index (χ4v) is 0.712. The lowest BCUT2D eigenvalue weighted by atomic mass is 10.2. The number of halogens is 3. The Hall–Kier alpha value is -0.970. The first-order chi connectivity index (χ1) is 5.00. The van der Waals surface area contributed by atoms with E-state index in [0.717, 1.165) is 6.08 Å². The van der Waals surface area contributed by atoms with Gasteiger partial charge in [-0.2, -0.15) is 13.2 Å². The predicted octanol–water partition coefficient (Wildman–Crippen LogP) is 1.69. The van der Waals surface area contributed by atoms with Gasteiger partial charge in [-0.25, -0.2) is 0 Å². The molecular formula is C6H6F3NO. The summed E-state index contributed by atoms with van der Waals surface area (Å²) in [6, 6.07) is 0. The van der Waals surface area contributed by atoms with Gasteiger partial charge in [0, 0.05) is 6.20 Å². The van der Waals surface area contributed by atoms with E-state index in [1.165, 1.54) is 6.08 Å². The highest BCUT2D eigenvalue weighted by atomic mass is 19.4. The molecule has 5 heteroatoms. The number of hydroxylamine groups is 2. The molecule has 0 aromatic rings. The lowest BCUT2D eigenvalue weighted by Gasteiger charge is -2.17. The topological polar surface area (TPSA) is 23.5 Å². The summed E-state index contributed by atoms with van der Waals surface area (Å²) >= 11 is 0. The molecule has 0 spiro atoms. The second-order valence-electron chi connectivity index (χ2n) is 2.11. The number of hydrogen-bond donors (Lipinski definition) is 1. The van der Waals surface area contributed by atoms with Crippen LogP contribution in [0.2, 0.25) is 0 Å². The Kier molecular flexibility index (Phi) is 1.90. The molecule has 1 aliphatic heterocycles. The Morgan fingerprint density at radius 1 is 1.45 bits per heavy atom. The zero-order valence-electron chi connectivity index (χ0n) is 5.47. The molecule has 0 fully saturated rings. The van der Waals surface area contributed by atoms with E-state index in [-0.39, 0.29) is 6.54 Å². The molecule has 0 bridgehead atoms. The second-order valence-corrected chi connectivity index (χ2v) is 2.11. The van der Waals surface area contributed by atoms with Gasteiger partial charge in [0.2, 0.25) is 0 Å². The maximum absolute atomic E-state index is 11.9. The summed E-state index contributed by atoms with van der Waals surface area (Å²) in [5, 5.41) is 9.14. The van der Waals surface area contributed by atoms with Gasteiger partial charge in [0.1, 0.15) is 0 Å². The largest absolute Gasteiger partial charge is 0.417 e. The first kappa shape index (κ1) is 8.13. The van der Waals surface area contributed by atoms with Crippen molar-refractivity contribution in [2.24, 2.45) is 0 Å². The number of allylic oxidation sites excluding steroid dienone is 2. The lowest BCUT2D eigenvalue weighted by molar-refractivity contribution is -0.0967. The molecule has 1 heterocycles. The van der Waals surface area contributed by atoms with Crippen molar-refractivity contribution in [3.63, 3.8) is 0 Å². The Labute approximate surface area is 61.2 Å². The summed E-state index contributed by atoms with van der Waals surface area (Å²) < 4.78 is 35.6. The van der Waals surface area contributed by atoms with Crippen LogP contribution in [0.1, 0.15) is 0 Å². The van der Waals surface area contributed by atoms with Crippen LogP contribution in [0.4, 0.5) is 13.2 Å². The van der Waals surface area contributed by atoms with Gasteiger partial charge < -0.3 is 0 Å². The zero-order valence-corrected chi connectivity index (χ0v) is 5.47. The summed E-state index contributed by atoms with van der Waals surface area (Å²) in [7, 11) is 0. The number of rotatable bonds is 0. The first-order valence-electron chi connectivity index (χ1n) is 2.91. The molecule has 0 unspecified atom stereocenters. The summed E-state index contributed by atoms with van der Waals surface area (Å²) in [6.45, 7) is 0.0968. The van der Waals surface area contributed by atoms with Crippen LogP contribution in [0.25, 0.3) is 0 Å². The molecule has 1 rings (SSSR count). The molecule has 1 N–H and O–H groups in total. The van der Waals surface area contributed by atoms with Crippen LogP contribution in [-0.2, 0) is 0 Å². The van der Waals surface area contributed by atoms with Gasteiger partial charge in [-0.3, -0.25) is 10.3 Å². The van der Waals surface area contributed by atoms with Gasteiger partial charge in [0.15, 0.2) is 0 Å². The van der Waals surface area contributed by atoms with Crippen LogP contribution in [0.15, 0.2) is 23.9 Å². The summed E-state index contributed by atoms with van der Waals surface area (Å²) in [6.07, 6.45) is -1.55.